The largest absolute Gasteiger partial charge is 0.508 e. The third kappa shape index (κ3) is 10.4. The van der Waals surface area contributed by atoms with E-state index < -0.39 is 27.7 Å². The number of aromatic hydroxyl groups is 1. The number of allylic oxidation sites excluding steroid dienone is 1. The van der Waals surface area contributed by atoms with Crippen molar-refractivity contribution in [3.8, 4) is 11.5 Å². The molecule has 0 heterocycles. The Morgan fingerprint density at radius 2 is 1.71 bits per heavy atom. The van der Waals surface area contributed by atoms with Crippen LogP contribution in [0.15, 0.2) is 65.7 Å². The highest BCUT2D eigenvalue weighted by molar-refractivity contribution is 7.86. The van der Waals surface area contributed by atoms with Gasteiger partial charge in [0.05, 0.1) is 11.4 Å². The Kier molecular flexibility index (Phi) is 11.0. The molecule has 0 bridgehead atoms. The van der Waals surface area contributed by atoms with E-state index in [0.29, 0.717) is 30.6 Å². The number of aliphatic imine (C=N–C) groups is 1. The summed E-state index contributed by atoms with van der Waals surface area (Å²) in [7, 11) is -4.30. The molecule has 192 valence electrons. The Bertz CT molecular complexity index is 1070. The third-order valence-electron chi connectivity index (χ3n) is 5.23. The topological polar surface area (TPSA) is 189 Å². The average Bonchev–Trinajstić information content (AvgIpc) is 2.79. The van der Waals surface area contributed by atoms with Crippen LogP contribution in [0.2, 0.25) is 0 Å². The second-order valence-corrected chi connectivity index (χ2v) is 9.71. The number of aliphatic hydroxyl groups is 2. The summed E-state index contributed by atoms with van der Waals surface area (Å²) in [6.07, 6.45) is 2.85. The maximum Gasteiger partial charge on any atom is 0.268 e. The molecule has 0 aliphatic carbocycles. The fraction of sp³-hybridized carbons (Fsp3) is 0.375. The molecule has 0 aliphatic rings. The molecule has 0 saturated carbocycles. The molecule has 3 atom stereocenters. The summed E-state index contributed by atoms with van der Waals surface area (Å²) < 4.78 is 39.1. The number of benzene rings is 2. The number of hydrogen-bond acceptors (Lipinski definition) is 7. The number of guanidine groups is 1. The maximum absolute atomic E-state index is 11.8. The van der Waals surface area contributed by atoms with Crippen molar-refractivity contribution in [1.82, 2.24) is 0 Å². The number of phenols is 1. The molecule has 2 aromatic rings. The Hall–Kier alpha value is -3.12. The summed E-state index contributed by atoms with van der Waals surface area (Å²) in [6, 6.07) is 13.0. The number of hydrogen-bond donors (Lipinski definition) is 6. The first kappa shape index (κ1) is 28.1. The predicted molar refractivity (Wildman–Crippen MR) is 133 cm³/mol. The molecule has 0 radical (unpaired) electrons. The fourth-order valence-corrected chi connectivity index (χ4v) is 4.10. The minimum absolute atomic E-state index is 0.0152. The van der Waals surface area contributed by atoms with Gasteiger partial charge in [-0.25, -0.2) is 4.99 Å². The third-order valence-corrected chi connectivity index (χ3v) is 6.50. The summed E-state index contributed by atoms with van der Waals surface area (Å²) in [6.45, 7) is -0.0152. The van der Waals surface area contributed by atoms with Crippen molar-refractivity contribution in [3.05, 3.63) is 71.8 Å². The lowest BCUT2D eigenvalue weighted by Gasteiger charge is -2.16. The molecule has 0 fully saturated rings. The van der Waals surface area contributed by atoms with E-state index in [-0.39, 0.29) is 31.2 Å². The highest BCUT2D eigenvalue weighted by atomic mass is 32.2. The van der Waals surface area contributed by atoms with E-state index >= 15 is 0 Å². The number of phenolic OH excluding ortho intramolecular Hbond substituents is 1. The highest BCUT2D eigenvalue weighted by Gasteiger charge is 2.21. The molecule has 0 spiro atoms. The van der Waals surface area contributed by atoms with Crippen molar-refractivity contribution >= 4 is 16.1 Å². The SMILES string of the molecule is NC(N)=NC(CCCO)Oc1ccc(CCC(CC=CC(O)c2ccc(O)cc2)S(=O)(=O)O)cc1. The van der Waals surface area contributed by atoms with Crippen molar-refractivity contribution < 1.29 is 33.0 Å². The van der Waals surface area contributed by atoms with Crippen LogP contribution in [-0.4, -0.2) is 52.3 Å². The number of aliphatic hydroxyl groups excluding tert-OH is 2. The fourth-order valence-electron chi connectivity index (χ4n) is 3.33. The minimum atomic E-state index is -4.30. The number of ether oxygens (including phenoxy) is 1. The van der Waals surface area contributed by atoms with Crippen molar-refractivity contribution in [2.45, 2.75) is 49.7 Å². The van der Waals surface area contributed by atoms with Crippen LogP contribution in [0.1, 0.15) is 42.9 Å². The van der Waals surface area contributed by atoms with Crippen LogP contribution in [0.4, 0.5) is 0 Å². The van der Waals surface area contributed by atoms with E-state index in [4.69, 9.17) is 21.3 Å². The molecule has 0 aromatic heterocycles. The highest BCUT2D eigenvalue weighted by Crippen LogP contribution is 2.21. The minimum Gasteiger partial charge on any atom is -0.508 e. The molecule has 3 unspecified atom stereocenters. The van der Waals surface area contributed by atoms with E-state index in [1.807, 2.05) is 0 Å². The van der Waals surface area contributed by atoms with Gasteiger partial charge in [-0.3, -0.25) is 4.55 Å². The number of aryl methyl sites for hydroxylation is 1. The number of rotatable bonds is 14. The molecule has 8 N–H and O–H groups in total. The lowest BCUT2D eigenvalue weighted by Crippen LogP contribution is -2.27. The summed E-state index contributed by atoms with van der Waals surface area (Å²) in [4.78, 5) is 3.99. The zero-order valence-corrected chi connectivity index (χ0v) is 20.1. The molecular formula is C24H33N3O7S. The zero-order chi connectivity index (χ0) is 25.8. The van der Waals surface area contributed by atoms with Crippen molar-refractivity contribution in [3.63, 3.8) is 0 Å². The van der Waals surface area contributed by atoms with Crippen molar-refractivity contribution in [1.29, 1.82) is 0 Å². The van der Waals surface area contributed by atoms with Crippen LogP contribution in [0, 0.1) is 0 Å². The van der Waals surface area contributed by atoms with E-state index in [1.54, 1.807) is 36.4 Å². The monoisotopic (exact) mass is 507 g/mol. The zero-order valence-electron chi connectivity index (χ0n) is 19.3. The molecule has 0 aliphatic heterocycles. The van der Waals surface area contributed by atoms with E-state index in [1.165, 1.54) is 24.3 Å². The molecule has 10 nitrogen and oxygen atoms in total. The first-order valence-corrected chi connectivity index (χ1v) is 12.6. The molecule has 35 heavy (non-hydrogen) atoms. The summed E-state index contributed by atoms with van der Waals surface area (Å²) in [5.41, 5.74) is 12.2. The predicted octanol–water partition coefficient (Wildman–Crippen LogP) is 2.01. The van der Waals surface area contributed by atoms with Gasteiger partial charge in [0, 0.05) is 13.0 Å². The Morgan fingerprint density at radius 3 is 2.29 bits per heavy atom. The Labute approximate surface area is 205 Å². The van der Waals surface area contributed by atoms with Gasteiger partial charge in [-0.05, 0) is 61.1 Å². The van der Waals surface area contributed by atoms with Gasteiger partial charge >= 0.3 is 0 Å². The smallest absolute Gasteiger partial charge is 0.268 e. The van der Waals surface area contributed by atoms with Crippen LogP contribution in [0.5, 0.6) is 11.5 Å². The van der Waals surface area contributed by atoms with Gasteiger partial charge < -0.3 is 31.5 Å². The van der Waals surface area contributed by atoms with E-state index in [9.17, 15) is 23.2 Å². The van der Waals surface area contributed by atoms with Crippen molar-refractivity contribution in [2.75, 3.05) is 6.61 Å². The van der Waals surface area contributed by atoms with Gasteiger partial charge in [-0.1, -0.05) is 36.4 Å². The van der Waals surface area contributed by atoms with Crippen LogP contribution < -0.4 is 16.2 Å². The van der Waals surface area contributed by atoms with Crippen LogP contribution in [-0.2, 0) is 16.5 Å². The molecule has 2 aromatic carbocycles. The lowest BCUT2D eigenvalue weighted by atomic mass is 10.1. The maximum atomic E-state index is 11.8. The molecular weight excluding hydrogens is 474 g/mol. The van der Waals surface area contributed by atoms with Crippen LogP contribution >= 0.6 is 0 Å². The molecule has 0 amide bonds. The van der Waals surface area contributed by atoms with E-state index in [2.05, 4.69) is 4.99 Å². The van der Waals surface area contributed by atoms with E-state index in [0.717, 1.165) is 5.56 Å². The number of nitrogens with zero attached hydrogens (tertiary/aromatic N) is 1. The molecule has 2 rings (SSSR count). The molecule has 11 heteroatoms. The summed E-state index contributed by atoms with van der Waals surface area (Å²) >= 11 is 0. The summed E-state index contributed by atoms with van der Waals surface area (Å²) in [5.74, 6) is 0.468. The Morgan fingerprint density at radius 1 is 1.06 bits per heavy atom. The Balaban J connectivity index is 1.95. The second-order valence-electron chi connectivity index (χ2n) is 8.01. The van der Waals surface area contributed by atoms with Gasteiger partial charge in [0.1, 0.15) is 11.5 Å². The van der Waals surface area contributed by atoms with Crippen LogP contribution in [0.25, 0.3) is 0 Å². The standard InChI is InChI=1S/C24H33N3O7S/c25-24(26)27-23(5-2-16-28)34-20-13-6-17(7-14-20)8-15-21(35(31,32)33)3-1-4-22(30)18-9-11-19(29)12-10-18/h1,4,6-7,9-14,21-23,28-30H,2-3,5,8,15-16H2,(H4,25,26,27)(H,31,32,33). The number of nitrogens with two attached hydrogens (primary N) is 2. The molecule has 0 saturated heterocycles. The van der Waals surface area contributed by atoms with Gasteiger partial charge in [0.15, 0.2) is 12.2 Å². The van der Waals surface area contributed by atoms with Crippen molar-refractivity contribution in [2.24, 2.45) is 16.5 Å². The quantitative estimate of drug-likeness (QED) is 0.0961. The first-order chi connectivity index (χ1) is 16.6. The first-order valence-electron chi connectivity index (χ1n) is 11.1. The van der Waals surface area contributed by atoms with Gasteiger partial charge in [0.2, 0.25) is 0 Å². The van der Waals surface area contributed by atoms with Gasteiger partial charge in [0.25, 0.3) is 10.1 Å². The van der Waals surface area contributed by atoms with Crippen LogP contribution in [0.3, 0.4) is 0 Å². The summed E-state index contributed by atoms with van der Waals surface area (Å²) in [5, 5.41) is 27.5. The average molecular weight is 508 g/mol. The normalized spacial score (nSPS) is 14.4. The van der Waals surface area contributed by atoms with Gasteiger partial charge in [-0.15, -0.1) is 0 Å². The lowest BCUT2D eigenvalue weighted by molar-refractivity contribution is 0.180. The second kappa shape index (κ2) is 13.7. The van der Waals surface area contributed by atoms with Gasteiger partial charge in [-0.2, -0.15) is 8.42 Å².